The van der Waals surface area contributed by atoms with Crippen LogP contribution in [0.1, 0.15) is 39.0 Å². The molecule has 0 aliphatic rings. The van der Waals surface area contributed by atoms with Gasteiger partial charge in [-0.15, -0.1) is 6.58 Å². The van der Waals surface area contributed by atoms with E-state index in [4.69, 9.17) is 0 Å². The summed E-state index contributed by atoms with van der Waals surface area (Å²) in [6.45, 7) is 6.67. The van der Waals surface area contributed by atoms with Gasteiger partial charge >= 0.3 is 0 Å². The lowest BCUT2D eigenvalue weighted by Gasteiger charge is -2.17. The Kier molecular flexibility index (Phi) is 8.57. The molecule has 1 atom stereocenters. The van der Waals surface area contributed by atoms with Crippen LogP contribution in [0, 0.1) is 0 Å². The zero-order chi connectivity index (χ0) is 12.4. The molecule has 0 heterocycles. The zero-order valence-corrected chi connectivity index (χ0v) is 11.4. The summed E-state index contributed by atoms with van der Waals surface area (Å²) in [5.74, 6) is 0.278. The maximum atomic E-state index is 10.9. The fourth-order valence-corrected chi connectivity index (χ4v) is 2.33. The van der Waals surface area contributed by atoms with E-state index in [-0.39, 0.29) is 5.75 Å². The fourth-order valence-electron chi connectivity index (χ4n) is 1.66. The van der Waals surface area contributed by atoms with Gasteiger partial charge in [-0.2, -0.15) is 0 Å². The van der Waals surface area contributed by atoms with Gasteiger partial charge in [0.05, 0.1) is 5.75 Å². The van der Waals surface area contributed by atoms with E-state index in [2.05, 4.69) is 18.8 Å². The van der Waals surface area contributed by atoms with Crippen molar-refractivity contribution < 1.29 is 8.42 Å². The van der Waals surface area contributed by atoms with Crippen LogP contribution in [-0.4, -0.2) is 33.0 Å². The molecule has 0 spiro atoms. The van der Waals surface area contributed by atoms with Gasteiger partial charge in [0.15, 0.2) is 0 Å². The molecule has 4 heteroatoms. The van der Waals surface area contributed by atoms with Crippen LogP contribution >= 0.6 is 0 Å². The Morgan fingerprint density at radius 3 is 2.56 bits per heavy atom. The van der Waals surface area contributed by atoms with E-state index >= 15 is 0 Å². The number of hydrogen-bond donors (Lipinski definition) is 1. The third-order valence-electron chi connectivity index (χ3n) is 2.48. The molecule has 0 fully saturated rings. The monoisotopic (exact) mass is 247 g/mol. The summed E-state index contributed by atoms with van der Waals surface area (Å²) >= 11 is 0. The van der Waals surface area contributed by atoms with Crippen LogP contribution in [0.3, 0.4) is 0 Å². The second-order valence-electron chi connectivity index (χ2n) is 4.29. The topological polar surface area (TPSA) is 46.2 Å². The molecule has 96 valence electrons. The Balaban J connectivity index is 3.70. The molecule has 0 saturated heterocycles. The lowest BCUT2D eigenvalue weighted by molar-refractivity contribution is 0.451. The minimum atomic E-state index is -2.81. The average molecular weight is 247 g/mol. The molecule has 1 unspecified atom stereocenters. The van der Waals surface area contributed by atoms with E-state index in [1.807, 2.05) is 6.08 Å². The molecular formula is C12H25NO2S. The highest BCUT2D eigenvalue weighted by molar-refractivity contribution is 7.90. The van der Waals surface area contributed by atoms with Crippen molar-refractivity contribution in [2.45, 2.75) is 45.1 Å². The molecule has 0 radical (unpaired) electrons. The molecule has 0 aromatic rings. The number of rotatable bonds is 10. The van der Waals surface area contributed by atoms with Crippen LogP contribution in [0.4, 0.5) is 0 Å². The Labute approximate surface area is 100 Å². The van der Waals surface area contributed by atoms with Crippen molar-refractivity contribution in [3.05, 3.63) is 12.7 Å². The predicted molar refractivity (Wildman–Crippen MR) is 70.5 cm³/mol. The summed E-state index contributed by atoms with van der Waals surface area (Å²) in [4.78, 5) is 0. The summed E-state index contributed by atoms with van der Waals surface area (Å²) < 4.78 is 21.9. The number of nitrogens with one attached hydrogen (secondary N) is 1. The molecule has 0 amide bonds. The maximum Gasteiger partial charge on any atom is 0.147 e. The second-order valence-corrected chi connectivity index (χ2v) is 6.55. The van der Waals surface area contributed by atoms with E-state index in [0.29, 0.717) is 12.5 Å². The third kappa shape index (κ3) is 10.2. The van der Waals surface area contributed by atoms with Crippen LogP contribution in [0.25, 0.3) is 0 Å². The average Bonchev–Trinajstić information content (AvgIpc) is 2.19. The van der Waals surface area contributed by atoms with E-state index < -0.39 is 9.84 Å². The largest absolute Gasteiger partial charge is 0.314 e. The quantitative estimate of drug-likeness (QED) is 0.475. The van der Waals surface area contributed by atoms with Crippen molar-refractivity contribution in [1.29, 1.82) is 0 Å². The van der Waals surface area contributed by atoms with Crippen molar-refractivity contribution in [1.82, 2.24) is 5.32 Å². The highest BCUT2D eigenvalue weighted by Crippen LogP contribution is 2.05. The van der Waals surface area contributed by atoms with E-state index in [0.717, 1.165) is 32.2 Å². The normalized spacial score (nSPS) is 13.6. The first-order valence-electron chi connectivity index (χ1n) is 6.01. The van der Waals surface area contributed by atoms with Gasteiger partial charge in [-0.3, -0.25) is 0 Å². The van der Waals surface area contributed by atoms with Crippen LogP contribution in [0.2, 0.25) is 0 Å². The van der Waals surface area contributed by atoms with E-state index in [1.165, 1.54) is 6.26 Å². The van der Waals surface area contributed by atoms with Crippen molar-refractivity contribution in [3.8, 4) is 0 Å². The first-order chi connectivity index (χ1) is 7.49. The van der Waals surface area contributed by atoms with Crippen LogP contribution < -0.4 is 5.32 Å². The number of hydrogen-bond acceptors (Lipinski definition) is 3. The molecule has 0 aromatic heterocycles. The molecule has 1 N–H and O–H groups in total. The molecule has 16 heavy (non-hydrogen) atoms. The summed E-state index contributed by atoms with van der Waals surface area (Å²) in [6, 6.07) is 0.502. The molecule has 0 rings (SSSR count). The lowest BCUT2D eigenvalue weighted by Crippen LogP contribution is -2.30. The standard InChI is InChI=1S/C12H25NO2S/c1-4-6-9-12(8-5-2)13-10-7-11-16(3,14)15/h4,12-13H,1,5-11H2,2-3H3. The SMILES string of the molecule is C=CCCC(CCC)NCCCS(C)(=O)=O. The van der Waals surface area contributed by atoms with Crippen molar-refractivity contribution in [2.75, 3.05) is 18.6 Å². The Bertz CT molecular complexity index is 273. The zero-order valence-electron chi connectivity index (χ0n) is 10.5. The fraction of sp³-hybridized carbons (Fsp3) is 0.833. The smallest absolute Gasteiger partial charge is 0.147 e. The van der Waals surface area contributed by atoms with Gasteiger partial charge in [0.2, 0.25) is 0 Å². The van der Waals surface area contributed by atoms with Gasteiger partial charge in [-0.1, -0.05) is 19.4 Å². The second kappa shape index (κ2) is 8.76. The number of sulfone groups is 1. The molecule has 0 aliphatic heterocycles. The molecule has 0 saturated carbocycles. The third-order valence-corrected chi connectivity index (χ3v) is 3.51. The van der Waals surface area contributed by atoms with Crippen LogP contribution in [0.15, 0.2) is 12.7 Å². The Morgan fingerprint density at radius 2 is 2.06 bits per heavy atom. The summed E-state index contributed by atoms with van der Waals surface area (Å²) in [5.41, 5.74) is 0. The minimum Gasteiger partial charge on any atom is -0.314 e. The first-order valence-corrected chi connectivity index (χ1v) is 8.07. The van der Waals surface area contributed by atoms with E-state index in [9.17, 15) is 8.42 Å². The van der Waals surface area contributed by atoms with Gasteiger partial charge in [-0.25, -0.2) is 8.42 Å². The summed E-state index contributed by atoms with van der Waals surface area (Å²) in [5, 5.41) is 3.42. The highest BCUT2D eigenvalue weighted by Gasteiger charge is 2.06. The molecular weight excluding hydrogens is 222 g/mol. The minimum absolute atomic E-state index is 0.278. The van der Waals surface area contributed by atoms with Crippen LogP contribution in [-0.2, 0) is 9.84 Å². The maximum absolute atomic E-state index is 10.9. The predicted octanol–water partition coefficient (Wildman–Crippen LogP) is 2.15. The lowest BCUT2D eigenvalue weighted by atomic mass is 10.1. The molecule has 0 bridgehead atoms. The van der Waals surface area contributed by atoms with Gasteiger partial charge in [0.1, 0.15) is 9.84 Å². The van der Waals surface area contributed by atoms with Gasteiger partial charge < -0.3 is 5.32 Å². The van der Waals surface area contributed by atoms with Gasteiger partial charge in [0.25, 0.3) is 0 Å². The van der Waals surface area contributed by atoms with Gasteiger partial charge in [0, 0.05) is 12.3 Å². The summed E-state index contributed by atoms with van der Waals surface area (Å²) in [6.07, 6.45) is 8.33. The Morgan fingerprint density at radius 1 is 1.38 bits per heavy atom. The Hall–Kier alpha value is -0.350. The van der Waals surface area contributed by atoms with E-state index in [1.54, 1.807) is 0 Å². The number of allylic oxidation sites excluding steroid dienone is 1. The molecule has 3 nitrogen and oxygen atoms in total. The molecule has 0 aliphatic carbocycles. The first kappa shape index (κ1) is 15.7. The molecule has 0 aromatic carbocycles. The van der Waals surface area contributed by atoms with Crippen molar-refractivity contribution >= 4 is 9.84 Å². The summed E-state index contributed by atoms with van der Waals surface area (Å²) in [7, 11) is -2.81. The van der Waals surface area contributed by atoms with Gasteiger partial charge in [-0.05, 0) is 32.2 Å². The van der Waals surface area contributed by atoms with Crippen molar-refractivity contribution in [2.24, 2.45) is 0 Å². The van der Waals surface area contributed by atoms with Crippen LogP contribution in [0.5, 0.6) is 0 Å². The van der Waals surface area contributed by atoms with Crippen molar-refractivity contribution in [3.63, 3.8) is 0 Å². The highest BCUT2D eigenvalue weighted by atomic mass is 32.2.